The lowest BCUT2D eigenvalue weighted by molar-refractivity contribution is -0.149. The highest BCUT2D eigenvalue weighted by Gasteiger charge is 2.29. The van der Waals surface area contributed by atoms with Gasteiger partial charge in [-0.25, -0.2) is 0 Å². The van der Waals surface area contributed by atoms with Gasteiger partial charge < -0.3 is 4.74 Å². The fourth-order valence-electron chi connectivity index (χ4n) is 1.60. The molecule has 1 aliphatic heterocycles. The summed E-state index contributed by atoms with van der Waals surface area (Å²) in [7, 11) is 0. The summed E-state index contributed by atoms with van der Waals surface area (Å²) in [6, 6.07) is 0. The zero-order chi connectivity index (χ0) is 12.1. The summed E-state index contributed by atoms with van der Waals surface area (Å²) in [4.78, 5) is 35.1. The quantitative estimate of drug-likeness (QED) is 0.513. The standard InChI is InChI=1S/C11H17NO4/c1-3-16-11(15)8(2)6-7-12-9(13)4-5-10(12)14/h8H,3-7H2,1-2H3/t8-/m1/s1. The van der Waals surface area contributed by atoms with Gasteiger partial charge in [-0.2, -0.15) is 0 Å². The van der Waals surface area contributed by atoms with Gasteiger partial charge in [0.15, 0.2) is 0 Å². The molecule has 0 aromatic heterocycles. The Morgan fingerprint density at radius 2 is 1.94 bits per heavy atom. The summed E-state index contributed by atoms with van der Waals surface area (Å²) < 4.78 is 4.85. The van der Waals surface area contributed by atoms with Gasteiger partial charge in [0.05, 0.1) is 12.5 Å². The number of carbonyl (C=O) groups is 3. The molecule has 5 heteroatoms. The van der Waals surface area contributed by atoms with Crippen LogP contribution in [0.5, 0.6) is 0 Å². The molecule has 0 N–H and O–H groups in total. The van der Waals surface area contributed by atoms with Gasteiger partial charge in [-0.05, 0) is 13.3 Å². The lowest BCUT2D eigenvalue weighted by atomic mass is 10.1. The third kappa shape index (κ3) is 3.05. The van der Waals surface area contributed by atoms with Crippen molar-refractivity contribution in [3.63, 3.8) is 0 Å². The van der Waals surface area contributed by atoms with Crippen LogP contribution in [-0.2, 0) is 19.1 Å². The summed E-state index contributed by atoms with van der Waals surface area (Å²) in [5.74, 6) is -0.829. The topological polar surface area (TPSA) is 63.7 Å². The van der Waals surface area contributed by atoms with Gasteiger partial charge in [-0.1, -0.05) is 6.92 Å². The molecule has 0 spiro atoms. The van der Waals surface area contributed by atoms with Crippen LogP contribution in [0.3, 0.4) is 0 Å². The third-order valence-corrected chi connectivity index (χ3v) is 2.63. The van der Waals surface area contributed by atoms with Gasteiger partial charge in [0, 0.05) is 19.4 Å². The highest BCUT2D eigenvalue weighted by molar-refractivity contribution is 6.01. The van der Waals surface area contributed by atoms with E-state index >= 15 is 0 Å². The molecule has 0 unspecified atom stereocenters. The van der Waals surface area contributed by atoms with E-state index in [0.717, 1.165) is 0 Å². The van der Waals surface area contributed by atoms with E-state index in [9.17, 15) is 14.4 Å². The number of hydrogen-bond acceptors (Lipinski definition) is 4. The second-order valence-corrected chi connectivity index (χ2v) is 3.88. The molecule has 0 aromatic rings. The summed E-state index contributed by atoms with van der Waals surface area (Å²) in [5.41, 5.74) is 0. The van der Waals surface area contributed by atoms with Crippen LogP contribution in [-0.4, -0.2) is 35.8 Å². The average molecular weight is 227 g/mol. The Balaban J connectivity index is 2.36. The minimum Gasteiger partial charge on any atom is -0.466 e. The van der Waals surface area contributed by atoms with Crippen LogP contribution < -0.4 is 0 Å². The monoisotopic (exact) mass is 227 g/mol. The molecule has 1 fully saturated rings. The van der Waals surface area contributed by atoms with E-state index in [4.69, 9.17) is 4.74 Å². The zero-order valence-corrected chi connectivity index (χ0v) is 9.69. The first kappa shape index (κ1) is 12.7. The van der Waals surface area contributed by atoms with Crippen molar-refractivity contribution in [3.05, 3.63) is 0 Å². The zero-order valence-electron chi connectivity index (χ0n) is 9.69. The van der Waals surface area contributed by atoms with E-state index in [1.165, 1.54) is 4.90 Å². The first-order valence-electron chi connectivity index (χ1n) is 5.56. The molecule has 0 saturated carbocycles. The third-order valence-electron chi connectivity index (χ3n) is 2.63. The highest BCUT2D eigenvalue weighted by atomic mass is 16.5. The SMILES string of the molecule is CCOC(=O)[C@H](C)CCN1C(=O)CCC1=O. The molecule has 1 saturated heterocycles. The van der Waals surface area contributed by atoms with Crippen molar-refractivity contribution in [3.8, 4) is 0 Å². The Labute approximate surface area is 94.7 Å². The second-order valence-electron chi connectivity index (χ2n) is 3.88. The summed E-state index contributed by atoms with van der Waals surface area (Å²) in [6.45, 7) is 4.16. The molecule has 0 aromatic carbocycles. The molecule has 1 heterocycles. The van der Waals surface area contributed by atoms with Crippen molar-refractivity contribution >= 4 is 17.8 Å². The molecule has 90 valence electrons. The minimum atomic E-state index is -0.277. The molecular weight excluding hydrogens is 210 g/mol. The predicted octanol–water partition coefficient (Wildman–Crippen LogP) is 0.725. The van der Waals surface area contributed by atoms with Crippen LogP contribution in [0.25, 0.3) is 0 Å². The largest absolute Gasteiger partial charge is 0.466 e. The fraction of sp³-hybridized carbons (Fsp3) is 0.727. The maximum Gasteiger partial charge on any atom is 0.308 e. The number of imide groups is 1. The van der Waals surface area contributed by atoms with Crippen molar-refractivity contribution in [2.75, 3.05) is 13.2 Å². The number of carbonyl (C=O) groups excluding carboxylic acids is 3. The number of hydrogen-bond donors (Lipinski definition) is 0. The van der Waals surface area contributed by atoms with Crippen molar-refractivity contribution in [2.45, 2.75) is 33.1 Å². The van der Waals surface area contributed by atoms with Gasteiger partial charge >= 0.3 is 5.97 Å². The number of ether oxygens (including phenoxy) is 1. The Hall–Kier alpha value is -1.39. The van der Waals surface area contributed by atoms with E-state index in [1.54, 1.807) is 13.8 Å². The Kier molecular flexibility index (Phi) is 4.46. The van der Waals surface area contributed by atoms with Crippen LogP contribution >= 0.6 is 0 Å². The first-order chi connectivity index (χ1) is 7.56. The number of rotatable bonds is 5. The van der Waals surface area contributed by atoms with Crippen molar-refractivity contribution in [1.82, 2.24) is 4.90 Å². The second kappa shape index (κ2) is 5.63. The Morgan fingerprint density at radius 3 is 2.44 bits per heavy atom. The fourth-order valence-corrected chi connectivity index (χ4v) is 1.60. The van der Waals surface area contributed by atoms with E-state index in [2.05, 4.69) is 0 Å². The highest BCUT2D eigenvalue weighted by Crippen LogP contribution is 2.14. The first-order valence-corrected chi connectivity index (χ1v) is 5.56. The molecular formula is C11H17NO4. The summed E-state index contributed by atoms with van der Waals surface area (Å²) in [6.07, 6.45) is 1.07. The van der Waals surface area contributed by atoms with Gasteiger partial charge in [-0.3, -0.25) is 19.3 Å². The smallest absolute Gasteiger partial charge is 0.308 e. The molecule has 0 aliphatic carbocycles. The normalized spacial score (nSPS) is 17.8. The molecule has 1 aliphatic rings. The van der Waals surface area contributed by atoms with E-state index in [0.29, 0.717) is 32.4 Å². The van der Waals surface area contributed by atoms with Crippen molar-refractivity contribution in [1.29, 1.82) is 0 Å². The number of likely N-dealkylation sites (tertiary alicyclic amines) is 1. The van der Waals surface area contributed by atoms with Gasteiger partial charge in [0.1, 0.15) is 0 Å². The lowest BCUT2D eigenvalue weighted by Crippen LogP contribution is -2.32. The average Bonchev–Trinajstić information content (AvgIpc) is 2.56. The van der Waals surface area contributed by atoms with Crippen molar-refractivity contribution in [2.24, 2.45) is 5.92 Å². The molecule has 5 nitrogen and oxygen atoms in total. The minimum absolute atomic E-state index is 0.138. The number of esters is 1. The van der Waals surface area contributed by atoms with Crippen molar-refractivity contribution < 1.29 is 19.1 Å². The summed E-state index contributed by atoms with van der Waals surface area (Å²) >= 11 is 0. The summed E-state index contributed by atoms with van der Waals surface area (Å²) in [5, 5.41) is 0. The number of nitrogens with zero attached hydrogens (tertiary/aromatic N) is 1. The number of amides is 2. The van der Waals surface area contributed by atoms with Gasteiger partial charge in [-0.15, -0.1) is 0 Å². The van der Waals surface area contributed by atoms with Gasteiger partial charge in [0.2, 0.25) is 11.8 Å². The van der Waals surface area contributed by atoms with Crippen LogP contribution in [0, 0.1) is 5.92 Å². The lowest BCUT2D eigenvalue weighted by Gasteiger charge is -2.16. The van der Waals surface area contributed by atoms with E-state index < -0.39 is 0 Å². The Morgan fingerprint density at radius 1 is 1.38 bits per heavy atom. The molecule has 2 amide bonds. The molecule has 1 rings (SSSR count). The maximum atomic E-state index is 11.3. The predicted molar refractivity (Wildman–Crippen MR) is 56.4 cm³/mol. The van der Waals surface area contributed by atoms with Crippen LogP contribution in [0.2, 0.25) is 0 Å². The molecule has 16 heavy (non-hydrogen) atoms. The van der Waals surface area contributed by atoms with Crippen LogP contribution in [0.4, 0.5) is 0 Å². The van der Waals surface area contributed by atoms with Crippen LogP contribution in [0.15, 0.2) is 0 Å². The van der Waals surface area contributed by atoms with Gasteiger partial charge in [0.25, 0.3) is 0 Å². The maximum absolute atomic E-state index is 11.3. The molecule has 0 radical (unpaired) electrons. The molecule has 1 atom stereocenters. The van der Waals surface area contributed by atoms with Crippen LogP contribution in [0.1, 0.15) is 33.1 Å². The molecule has 0 bridgehead atoms. The van der Waals surface area contributed by atoms with E-state index in [-0.39, 0.29) is 23.7 Å². The van der Waals surface area contributed by atoms with E-state index in [1.807, 2.05) is 0 Å². The Bertz CT molecular complexity index is 284.